The van der Waals surface area contributed by atoms with Crippen molar-refractivity contribution in [2.45, 2.75) is 25.9 Å². The second-order valence-electron chi connectivity index (χ2n) is 4.70. The number of rotatable bonds is 6. The molecular weight excluding hydrogens is 288 g/mol. The summed E-state index contributed by atoms with van der Waals surface area (Å²) in [6, 6.07) is 14.7. The summed E-state index contributed by atoms with van der Waals surface area (Å²) >= 11 is 6.02. The Kier molecular flexibility index (Phi) is 5.23. The number of aryl methyl sites for hydroxylation is 1. The average molecular weight is 305 g/mol. The summed E-state index contributed by atoms with van der Waals surface area (Å²) < 4.78 is 5.58. The minimum atomic E-state index is -0.999. The predicted octanol–water partition coefficient (Wildman–Crippen LogP) is 3.98. The van der Waals surface area contributed by atoms with Gasteiger partial charge in [-0.05, 0) is 29.7 Å². The Balaban J connectivity index is 2.20. The van der Waals surface area contributed by atoms with E-state index >= 15 is 0 Å². The Labute approximate surface area is 129 Å². The Morgan fingerprint density at radius 3 is 2.38 bits per heavy atom. The van der Waals surface area contributed by atoms with E-state index in [1.165, 1.54) is 0 Å². The maximum Gasteiger partial charge on any atom is 0.345 e. The third-order valence-electron chi connectivity index (χ3n) is 3.29. The minimum Gasteiger partial charge on any atom is -0.478 e. The molecule has 0 saturated heterocycles. The summed E-state index contributed by atoms with van der Waals surface area (Å²) in [6.45, 7) is 2.05. The SMILES string of the molecule is CCc1ccccc1C[C@@H](Oc1ccccc1Cl)C(=O)O. The molecule has 110 valence electrons. The van der Waals surface area contributed by atoms with Crippen LogP contribution in [0.4, 0.5) is 0 Å². The van der Waals surface area contributed by atoms with Gasteiger partial charge in [-0.2, -0.15) is 0 Å². The Morgan fingerprint density at radius 1 is 1.14 bits per heavy atom. The number of carboxylic acid groups (broad SMARTS) is 1. The van der Waals surface area contributed by atoms with Crippen LogP contribution in [0, 0.1) is 0 Å². The first kappa shape index (κ1) is 15.4. The highest BCUT2D eigenvalue weighted by atomic mass is 35.5. The van der Waals surface area contributed by atoms with Gasteiger partial charge in [0, 0.05) is 6.42 Å². The third kappa shape index (κ3) is 3.99. The molecule has 2 aromatic rings. The molecule has 0 unspecified atom stereocenters. The number of carboxylic acids is 1. The van der Waals surface area contributed by atoms with Crippen LogP contribution in [0.5, 0.6) is 5.75 Å². The van der Waals surface area contributed by atoms with E-state index in [2.05, 4.69) is 0 Å². The van der Waals surface area contributed by atoms with Gasteiger partial charge in [0.05, 0.1) is 5.02 Å². The van der Waals surface area contributed by atoms with E-state index in [0.717, 1.165) is 17.5 Å². The fourth-order valence-corrected chi connectivity index (χ4v) is 2.35. The first-order valence-corrected chi connectivity index (χ1v) is 7.20. The zero-order valence-corrected chi connectivity index (χ0v) is 12.5. The van der Waals surface area contributed by atoms with Gasteiger partial charge in [-0.25, -0.2) is 4.79 Å². The molecular formula is C17H17ClO3. The molecule has 0 aliphatic heterocycles. The van der Waals surface area contributed by atoms with E-state index in [1.54, 1.807) is 24.3 Å². The third-order valence-corrected chi connectivity index (χ3v) is 3.60. The van der Waals surface area contributed by atoms with Crippen LogP contribution in [0.15, 0.2) is 48.5 Å². The Hall–Kier alpha value is -2.00. The van der Waals surface area contributed by atoms with Crippen LogP contribution >= 0.6 is 11.6 Å². The summed E-state index contributed by atoms with van der Waals surface area (Å²) in [5.41, 5.74) is 2.12. The molecule has 21 heavy (non-hydrogen) atoms. The van der Waals surface area contributed by atoms with E-state index in [1.807, 2.05) is 31.2 Å². The molecule has 2 rings (SSSR count). The molecule has 0 bridgehead atoms. The maximum atomic E-state index is 11.5. The lowest BCUT2D eigenvalue weighted by molar-refractivity contribution is -0.145. The van der Waals surface area contributed by atoms with E-state index < -0.39 is 12.1 Å². The van der Waals surface area contributed by atoms with Crippen molar-refractivity contribution in [3.8, 4) is 5.75 Å². The largest absolute Gasteiger partial charge is 0.478 e. The molecule has 4 heteroatoms. The normalized spacial score (nSPS) is 11.9. The van der Waals surface area contributed by atoms with Crippen molar-refractivity contribution in [2.24, 2.45) is 0 Å². The number of hydrogen-bond acceptors (Lipinski definition) is 2. The molecule has 0 heterocycles. The lowest BCUT2D eigenvalue weighted by Crippen LogP contribution is -2.29. The van der Waals surface area contributed by atoms with Crippen molar-refractivity contribution in [1.29, 1.82) is 0 Å². The van der Waals surface area contributed by atoms with Crippen molar-refractivity contribution >= 4 is 17.6 Å². The second-order valence-corrected chi connectivity index (χ2v) is 5.11. The van der Waals surface area contributed by atoms with Crippen molar-refractivity contribution < 1.29 is 14.6 Å². The number of carbonyl (C=O) groups is 1. The summed E-state index contributed by atoms with van der Waals surface area (Å²) in [5.74, 6) is -0.610. The lowest BCUT2D eigenvalue weighted by Gasteiger charge is -2.17. The second kappa shape index (κ2) is 7.14. The molecule has 0 fully saturated rings. The van der Waals surface area contributed by atoms with Crippen LogP contribution in [0.25, 0.3) is 0 Å². The molecule has 1 N–H and O–H groups in total. The first-order valence-electron chi connectivity index (χ1n) is 6.82. The van der Waals surface area contributed by atoms with Crippen LogP contribution in [-0.2, 0) is 17.6 Å². The zero-order chi connectivity index (χ0) is 15.2. The van der Waals surface area contributed by atoms with E-state index in [9.17, 15) is 9.90 Å². The van der Waals surface area contributed by atoms with Gasteiger partial charge >= 0.3 is 5.97 Å². The number of aliphatic carboxylic acids is 1. The summed E-state index contributed by atoms with van der Waals surface area (Å²) in [7, 11) is 0. The molecule has 0 aliphatic rings. The lowest BCUT2D eigenvalue weighted by atomic mass is 10.00. The highest BCUT2D eigenvalue weighted by molar-refractivity contribution is 6.32. The number of halogens is 1. The van der Waals surface area contributed by atoms with Crippen LogP contribution in [0.1, 0.15) is 18.1 Å². The van der Waals surface area contributed by atoms with Gasteiger partial charge in [-0.1, -0.05) is 54.9 Å². The summed E-state index contributed by atoms with van der Waals surface area (Å²) in [6.07, 6.45) is 0.205. The molecule has 0 amide bonds. The monoisotopic (exact) mass is 304 g/mol. The van der Waals surface area contributed by atoms with Gasteiger partial charge in [-0.15, -0.1) is 0 Å². The van der Waals surface area contributed by atoms with Gasteiger partial charge in [0.25, 0.3) is 0 Å². The number of hydrogen-bond donors (Lipinski definition) is 1. The van der Waals surface area contributed by atoms with E-state index in [0.29, 0.717) is 17.2 Å². The minimum absolute atomic E-state index is 0.310. The highest BCUT2D eigenvalue weighted by Crippen LogP contribution is 2.25. The van der Waals surface area contributed by atoms with Crippen molar-refractivity contribution in [3.05, 3.63) is 64.7 Å². The topological polar surface area (TPSA) is 46.5 Å². The van der Waals surface area contributed by atoms with Crippen molar-refractivity contribution in [3.63, 3.8) is 0 Å². The molecule has 0 aliphatic carbocycles. The van der Waals surface area contributed by atoms with E-state index in [4.69, 9.17) is 16.3 Å². The van der Waals surface area contributed by atoms with Crippen LogP contribution in [-0.4, -0.2) is 17.2 Å². The standard InChI is InChI=1S/C17H17ClO3/c1-2-12-7-3-4-8-13(12)11-16(17(19)20)21-15-10-6-5-9-14(15)18/h3-10,16H,2,11H2,1H3,(H,19,20)/t16-/m1/s1. The molecule has 0 saturated carbocycles. The van der Waals surface area contributed by atoms with Crippen LogP contribution in [0.3, 0.4) is 0 Å². The smallest absolute Gasteiger partial charge is 0.345 e. The van der Waals surface area contributed by atoms with Gasteiger partial charge in [-0.3, -0.25) is 0 Å². The van der Waals surface area contributed by atoms with Gasteiger partial charge in [0.1, 0.15) is 5.75 Å². The quantitative estimate of drug-likeness (QED) is 0.878. The Morgan fingerprint density at radius 2 is 1.76 bits per heavy atom. The molecule has 0 spiro atoms. The van der Waals surface area contributed by atoms with Crippen molar-refractivity contribution in [1.82, 2.24) is 0 Å². The van der Waals surface area contributed by atoms with Gasteiger partial charge in [0.2, 0.25) is 0 Å². The summed E-state index contributed by atoms with van der Waals surface area (Å²) in [5, 5.41) is 9.79. The van der Waals surface area contributed by atoms with Gasteiger partial charge < -0.3 is 9.84 Å². The molecule has 1 atom stereocenters. The molecule has 3 nitrogen and oxygen atoms in total. The van der Waals surface area contributed by atoms with Crippen LogP contribution < -0.4 is 4.74 Å². The van der Waals surface area contributed by atoms with Gasteiger partial charge in [0.15, 0.2) is 6.10 Å². The number of ether oxygens (including phenoxy) is 1. The Bertz CT molecular complexity index is 625. The first-order chi connectivity index (χ1) is 10.1. The molecule has 0 aromatic heterocycles. The van der Waals surface area contributed by atoms with Crippen molar-refractivity contribution in [2.75, 3.05) is 0 Å². The molecule has 2 aromatic carbocycles. The zero-order valence-electron chi connectivity index (χ0n) is 11.8. The van der Waals surface area contributed by atoms with Crippen LogP contribution in [0.2, 0.25) is 5.02 Å². The predicted molar refractivity (Wildman–Crippen MR) is 83.0 cm³/mol. The fraction of sp³-hybridized carbons (Fsp3) is 0.235. The summed E-state index contributed by atoms with van der Waals surface area (Å²) in [4.78, 5) is 11.5. The number of benzene rings is 2. The molecule has 0 radical (unpaired) electrons. The number of para-hydroxylation sites is 1. The highest BCUT2D eigenvalue weighted by Gasteiger charge is 2.22. The fourth-order valence-electron chi connectivity index (χ4n) is 2.17. The maximum absolute atomic E-state index is 11.5. The average Bonchev–Trinajstić information content (AvgIpc) is 2.49. The van der Waals surface area contributed by atoms with E-state index in [-0.39, 0.29) is 0 Å².